The maximum absolute atomic E-state index is 10.9. The summed E-state index contributed by atoms with van der Waals surface area (Å²) >= 11 is 9.50. The molecule has 0 radical (unpaired) electrons. The summed E-state index contributed by atoms with van der Waals surface area (Å²) in [6.45, 7) is 1.95. The van der Waals surface area contributed by atoms with Crippen LogP contribution >= 0.6 is 27.5 Å². The number of benzene rings is 2. The van der Waals surface area contributed by atoms with E-state index in [1.807, 2.05) is 18.2 Å². The van der Waals surface area contributed by atoms with E-state index in [0.29, 0.717) is 16.3 Å². The van der Waals surface area contributed by atoms with Gasteiger partial charge < -0.3 is 4.74 Å². The van der Waals surface area contributed by atoms with Crippen LogP contribution in [-0.4, -0.2) is 4.92 Å². The van der Waals surface area contributed by atoms with Crippen LogP contribution in [0.25, 0.3) is 0 Å². The molecule has 0 heterocycles. The molecule has 0 aliphatic carbocycles. The highest BCUT2D eigenvalue weighted by atomic mass is 79.9. The molecule has 0 unspecified atom stereocenters. The first-order chi connectivity index (χ1) is 10.0. The van der Waals surface area contributed by atoms with Gasteiger partial charge in [0.25, 0.3) is 5.69 Å². The molecule has 4 nitrogen and oxygen atoms in total. The average molecular weight is 371 g/mol. The lowest BCUT2D eigenvalue weighted by atomic mass is 10.1. The molecule has 0 aliphatic heterocycles. The Hall–Kier alpha value is -1.59. The maximum Gasteiger partial charge on any atom is 0.272 e. The molecule has 2 rings (SSSR count). The number of alkyl halides is 1. The molecule has 110 valence electrons. The highest BCUT2D eigenvalue weighted by Gasteiger charge is 2.13. The van der Waals surface area contributed by atoms with Crippen LogP contribution in [0, 0.1) is 17.0 Å². The van der Waals surface area contributed by atoms with Crippen LogP contribution in [0.2, 0.25) is 5.02 Å². The van der Waals surface area contributed by atoms with Gasteiger partial charge in [-0.05, 0) is 30.2 Å². The van der Waals surface area contributed by atoms with Gasteiger partial charge in [-0.3, -0.25) is 10.1 Å². The van der Waals surface area contributed by atoms with Crippen LogP contribution in [0.15, 0.2) is 36.4 Å². The van der Waals surface area contributed by atoms with E-state index < -0.39 is 4.92 Å². The minimum Gasteiger partial charge on any atom is -0.487 e. The number of nitro groups is 1. The van der Waals surface area contributed by atoms with E-state index in [1.165, 1.54) is 6.07 Å². The molecule has 0 atom stereocenters. The van der Waals surface area contributed by atoms with Crippen molar-refractivity contribution < 1.29 is 9.66 Å². The Balaban J connectivity index is 2.17. The Labute approximate surface area is 136 Å². The molecular formula is C15H13BrClNO3. The molecule has 0 N–H and O–H groups in total. The Morgan fingerprint density at radius 1 is 1.33 bits per heavy atom. The monoisotopic (exact) mass is 369 g/mol. The molecule has 0 amide bonds. The third kappa shape index (κ3) is 3.74. The maximum atomic E-state index is 10.9. The van der Waals surface area contributed by atoms with Gasteiger partial charge in [0.05, 0.1) is 9.95 Å². The fourth-order valence-corrected chi connectivity index (χ4v) is 2.53. The smallest absolute Gasteiger partial charge is 0.272 e. The van der Waals surface area contributed by atoms with E-state index in [9.17, 15) is 10.1 Å². The molecule has 0 aliphatic rings. The van der Waals surface area contributed by atoms with Gasteiger partial charge in [0, 0.05) is 17.0 Å². The lowest BCUT2D eigenvalue weighted by Crippen LogP contribution is -2.01. The van der Waals surface area contributed by atoms with Crippen LogP contribution < -0.4 is 4.74 Å². The summed E-state index contributed by atoms with van der Waals surface area (Å²) < 4.78 is 5.67. The van der Waals surface area contributed by atoms with Crippen LogP contribution in [0.4, 0.5) is 5.69 Å². The Bertz CT molecular complexity index is 676. The molecular weight excluding hydrogens is 358 g/mol. The van der Waals surface area contributed by atoms with Crippen molar-refractivity contribution >= 4 is 33.2 Å². The zero-order valence-corrected chi connectivity index (χ0v) is 13.6. The van der Waals surface area contributed by atoms with E-state index in [-0.39, 0.29) is 12.3 Å². The first-order valence-electron chi connectivity index (χ1n) is 6.23. The summed E-state index contributed by atoms with van der Waals surface area (Å²) in [5, 5.41) is 12.2. The van der Waals surface area contributed by atoms with E-state index in [1.54, 1.807) is 19.1 Å². The molecule has 0 bridgehead atoms. The molecule has 6 heteroatoms. The average Bonchev–Trinajstić information content (AvgIpc) is 2.46. The van der Waals surface area contributed by atoms with Crippen LogP contribution in [0.3, 0.4) is 0 Å². The van der Waals surface area contributed by atoms with Crippen LogP contribution in [-0.2, 0) is 11.9 Å². The fraction of sp³-hybridized carbons (Fsp3) is 0.200. The van der Waals surface area contributed by atoms with Gasteiger partial charge in [-0.1, -0.05) is 45.7 Å². The molecule has 0 fully saturated rings. The number of rotatable bonds is 5. The number of halogens is 2. The van der Waals surface area contributed by atoms with E-state index in [2.05, 4.69) is 15.9 Å². The second kappa shape index (κ2) is 6.91. The number of hydrogen-bond donors (Lipinski definition) is 0. The highest BCUT2D eigenvalue weighted by molar-refractivity contribution is 9.08. The van der Waals surface area contributed by atoms with E-state index in [4.69, 9.17) is 16.3 Å². The number of ether oxygens (including phenoxy) is 1. The minimum atomic E-state index is -0.392. The summed E-state index contributed by atoms with van der Waals surface area (Å²) in [4.78, 5) is 10.5. The highest BCUT2D eigenvalue weighted by Crippen LogP contribution is 2.28. The summed E-state index contributed by atoms with van der Waals surface area (Å²) in [6.07, 6.45) is 0. The van der Waals surface area contributed by atoms with Gasteiger partial charge in [0.2, 0.25) is 0 Å². The van der Waals surface area contributed by atoms with E-state index in [0.717, 1.165) is 16.5 Å². The van der Waals surface area contributed by atoms with Gasteiger partial charge >= 0.3 is 0 Å². The Morgan fingerprint density at radius 3 is 2.71 bits per heavy atom. The van der Waals surface area contributed by atoms with Crippen molar-refractivity contribution in [3.05, 3.63) is 68.2 Å². The fourth-order valence-electron chi connectivity index (χ4n) is 1.92. The predicted octanol–water partition coefficient (Wildman–Crippen LogP) is 5.03. The quantitative estimate of drug-likeness (QED) is 0.421. The molecule has 0 saturated heterocycles. The van der Waals surface area contributed by atoms with E-state index >= 15 is 0 Å². The predicted molar refractivity (Wildman–Crippen MR) is 86.2 cm³/mol. The second-order valence-electron chi connectivity index (χ2n) is 4.51. The van der Waals surface area contributed by atoms with Crippen LogP contribution in [0.5, 0.6) is 5.75 Å². The van der Waals surface area contributed by atoms with Crippen molar-refractivity contribution in [2.45, 2.75) is 18.9 Å². The van der Waals surface area contributed by atoms with Gasteiger partial charge in [0.15, 0.2) is 0 Å². The second-order valence-corrected chi connectivity index (χ2v) is 5.47. The number of nitro benzene ring substituents is 1. The Kier molecular flexibility index (Phi) is 5.20. The molecule has 2 aromatic rings. The zero-order valence-electron chi connectivity index (χ0n) is 11.3. The van der Waals surface area contributed by atoms with Crippen molar-refractivity contribution in [1.29, 1.82) is 0 Å². The summed E-state index contributed by atoms with van der Waals surface area (Å²) in [5.74, 6) is 0.562. The molecule has 2 aromatic carbocycles. The molecule has 0 spiro atoms. The van der Waals surface area contributed by atoms with Crippen LogP contribution in [0.1, 0.15) is 16.7 Å². The van der Waals surface area contributed by atoms with Gasteiger partial charge in [-0.2, -0.15) is 0 Å². The SMILES string of the molecule is Cc1c(COc2ccc(CBr)cc2Cl)cccc1[N+](=O)[O-]. The van der Waals surface area contributed by atoms with Gasteiger partial charge in [-0.15, -0.1) is 0 Å². The lowest BCUT2D eigenvalue weighted by Gasteiger charge is -2.11. The normalized spacial score (nSPS) is 10.4. The number of nitrogens with zero attached hydrogens (tertiary/aromatic N) is 1. The molecule has 21 heavy (non-hydrogen) atoms. The minimum absolute atomic E-state index is 0.0943. The first-order valence-corrected chi connectivity index (χ1v) is 7.73. The third-order valence-electron chi connectivity index (χ3n) is 3.15. The van der Waals surface area contributed by atoms with Crippen molar-refractivity contribution in [3.8, 4) is 5.75 Å². The van der Waals surface area contributed by atoms with Crippen molar-refractivity contribution in [3.63, 3.8) is 0 Å². The van der Waals surface area contributed by atoms with Crippen molar-refractivity contribution in [2.24, 2.45) is 0 Å². The molecule has 0 saturated carbocycles. The van der Waals surface area contributed by atoms with Gasteiger partial charge in [0.1, 0.15) is 12.4 Å². The summed E-state index contributed by atoms with van der Waals surface area (Å²) in [7, 11) is 0. The summed E-state index contributed by atoms with van der Waals surface area (Å²) in [5.41, 5.74) is 2.52. The lowest BCUT2D eigenvalue weighted by molar-refractivity contribution is -0.385. The van der Waals surface area contributed by atoms with Crippen molar-refractivity contribution in [1.82, 2.24) is 0 Å². The number of hydrogen-bond acceptors (Lipinski definition) is 3. The van der Waals surface area contributed by atoms with Crippen molar-refractivity contribution in [2.75, 3.05) is 0 Å². The summed E-state index contributed by atoms with van der Waals surface area (Å²) in [6, 6.07) is 10.5. The van der Waals surface area contributed by atoms with Gasteiger partial charge in [-0.25, -0.2) is 0 Å². The third-order valence-corrected chi connectivity index (χ3v) is 4.09. The standard InChI is InChI=1S/C15H13BrClNO3/c1-10-12(3-2-4-14(10)18(19)20)9-21-15-6-5-11(8-16)7-13(15)17/h2-7H,8-9H2,1H3. The zero-order chi connectivity index (χ0) is 15.4. The largest absolute Gasteiger partial charge is 0.487 e. The Morgan fingerprint density at radius 2 is 2.10 bits per heavy atom. The first kappa shape index (κ1) is 15.8. The topological polar surface area (TPSA) is 52.4 Å². The molecule has 0 aromatic heterocycles.